The van der Waals surface area contributed by atoms with Crippen molar-refractivity contribution in [1.29, 1.82) is 0 Å². The zero-order valence-electron chi connectivity index (χ0n) is 10.9. The van der Waals surface area contributed by atoms with Crippen LogP contribution < -0.4 is 15.4 Å². The Morgan fingerprint density at radius 1 is 1.21 bits per heavy atom. The summed E-state index contributed by atoms with van der Waals surface area (Å²) in [6.07, 6.45) is 1.68. The van der Waals surface area contributed by atoms with Crippen molar-refractivity contribution in [2.24, 2.45) is 0 Å². The van der Waals surface area contributed by atoms with Gasteiger partial charge in [0.25, 0.3) is 0 Å². The Labute approximate surface area is 111 Å². The Balaban J connectivity index is 2.16. The predicted molar refractivity (Wildman–Crippen MR) is 74.6 cm³/mol. The van der Waals surface area contributed by atoms with Crippen molar-refractivity contribution in [2.45, 2.75) is 6.92 Å². The van der Waals surface area contributed by atoms with Crippen LogP contribution in [0.15, 0.2) is 36.5 Å². The van der Waals surface area contributed by atoms with E-state index in [1.165, 1.54) is 6.07 Å². The number of rotatable bonds is 5. The zero-order valence-corrected chi connectivity index (χ0v) is 10.9. The van der Waals surface area contributed by atoms with Gasteiger partial charge in [0, 0.05) is 36.8 Å². The summed E-state index contributed by atoms with van der Waals surface area (Å²) in [4.78, 5) is 4.11. The second-order valence-electron chi connectivity index (χ2n) is 3.88. The number of pyridine rings is 1. The predicted octanol–water partition coefficient (Wildman–Crippen LogP) is 3.40. The minimum atomic E-state index is -0.380. The lowest BCUT2D eigenvalue weighted by molar-refractivity contribution is 0.321. The standard InChI is InChI=1S/C14H16FN3O/c1-3-19-13-5-4-10(8-12(13)15)18-11-6-7-17-14(9-11)16-2/h4-9H,3H2,1-2H3,(H2,16,17,18). The Morgan fingerprint density at radius 2 is 2.00 bits per heavy atom. The van der Waals surface area contributed by atoms with Gasteiger partial charge in [0.05, 0.1) is 6.61 Å². The van der Waals surface area contributed by atoms with E-state index < -0.39 is 0 Å². The first-order valence-electron chi connectivity index (χ1n) is 6.06. The van der Waals surface area contributed by atoms with Crippen molar-refractivity contribution in [2.75, 3.05) is 24.3 Å². The molecule has 100 valence electrons. The first kappa shape index (κ1) is 13.1. The third kappa shape index (κ3) is 3.34. The van der Waals surface area contributed by atoms with Gasteiger partial charge in [-0.15, -0.1) is 0 Å². The molecule has 0 fully saturated rings. The van der Waals surface area contributed by atoms with Crippen molar-refractivity contribution in [3.63, 3.8) is 0 Å². The van der Waals surface area contributed by atoms with E-state index in [0.717, 1.165) is 11.5 Å². The topological polar surface area (TPSA) is 46.2 Å². The molecule has 0 saturated heterocycles. The van der Waals surface area contributed by atoms with Crippen LogP contribution in [-0.2, 0) is 0 Å². The highest BCUT2D eigenvalue weighted by molar-refractivity contribution is 5.63. The molecular weight excluding hydrogens is 245 g/mol. The number of aromatic nitrogens is 1. The number of nitrogens with zero attached hydrogens (tertiary/aromatic N) is 1. The summed E-state index contributed by atoms with van der Waals surface area (Å²) in [5, 5.41) is 6.06. The molecule has 0 bridgehead atoms. The molecule has 2 N–H and O–H groups in total. The molecule has 0 atom stereocenters. The Hall–Kier alpha value is -2.30. The van der Waals surface area contributed by atoms with Crippen LogP contribution >= 0.6 is 0 Å². The molecular formula is C14H16FN3O. The van der Waals surface area contributed by atoms with Gasteiger partial charge in [-0.2, -0.15) is 0 Å². The van der Waals surface area contributed by atoms with Crippen LogP contribution in [-0.4, -0.2) is 18.6 Å². The second-order valence-corrected chi connectivity index (χ2v) is 3.88. The molecule has 1 aromatic carbocycles. The van der Waals surface area contributed by atoms with Gasteiger partial charge in [0.1, 0.15) is 5.82 Å². The first-order valence-corrected chi connectivity index (χ1v) is 6.06. The van der Waals surface area contributed by atoms with E-state index in [2.05, 4.69) is 15.6 Å². The van der Waals surface area contributed by atoms with Gasteiger partial charge in [0.15, 0.2) is 11.6 Å². The van der Waals surface area contributed by atoms with Gasteiger partial charge >= 0.3 is 0 Å². The van der Waals surface area contributed by atoms with E-state index in [9.17, 15) is 4.39 Å². The quantitative estimate of drug-likeness (QED) is 0.866. The molecule has 19 heavy (non-hydrogen) atoms. The highest BCUT2D eigenvalue weighted by atomic mass is 19.1. The lowest BCUT2D eigenvalue weighted by Crippen LogP contribution is -1.97. The molecule has 2 aromatic rings. The fourth-order valence-electron chi connectivity index (χ4n) is 1.66. The van der Waals surface area contributed by atoms with Crippen LogP contribution in [0.25, 0.3) is 0 Å². The van der Waals surface area contributed by atoms with Crippen molar-refractivity contribution >= 4 is 17.2 Å². The van der Waals surface area contributed by atoms with Gasteiger partial charge in [-0.3, -0.25) is 0 Å². The third-order valence-corrected chi connectivity index (χ3v) is 2.54. The van der Waals surface area contributed by atoms with Crippen molar-refractivity contribution in [3.05, 3.63) is 42.3 Å². The number of anilines is 3. The normalized spacial score (nSPS) is 10.1. The first-order chi connectivity index (χ1) is 9.22. The summed E-state index contributed by atoms with van der Waals surface area (Å²) in [5.74, 6) is 0.629. The minimum Gasteiger partial charge on any atom is -0.491 e. The molecule has 4 nitrogen and oxygen atoms in total. The molecule has 1 aromatic heterocycles. The molecule has 2 rings (SSSR count). The van der Waals surface area contributed by atoms with Gasteiger partial charge in [0.2, 0.25) is 0 Å². The van der Waals surface area contributed by atoms with E-state index in [-0.39, 0.29) is 11.6 Å². The molecule has 5 heteroatoms. The molecule has 0 radical (unpaired) electrons. The average molecular weight is 261 g/mol. The van der Waals surface area contributed by atoms with Crippen LogP contribution in [0, 0.1) is 5.82 Å². The average Bonchev–Trinajstić information content (AvgIpc) is 2.42. The number of ether oxygens (including phenoxy) is 1. The van der Waals surface area contributed by atoms with Crippen molar-refractivity contribution in [3.8, 4) is 5.75 Å². The molecule has 0 spiro atoms. The molecule has 0 aliphatic carbocycles. The molecule has 1 heterocycles. The van der Waals surface area contributed by atoms with Crippen LogP contribution in [0.3, 0.4) is 0 Å². The molecule has 0 aliphatic rings. The maximum atomic E-state index is 13.7. The maximum Gasteiger partial charge on any atom is 0.167 e. The smallest absolute Gasteiger partial charge is 0.167 e. The van der Waals surface area contributed by atoms with Gasteiger partial charge in [-0.05, 0) is 25.1 Å². The van der Waals surface area contributed by atoms with Crippen LogP contribution in [0.2, 0.25) is 0 Å². The lowest BCUT2D eigenvalue weighted by atomic mass is 10.2. The lowest BCUT2D eigenvalue weighted by Gasteiger charge is -2.10. The highest BCUT2D eigenvalue weighted by Crippen LogP contribution is 2.24. The number of nitrogens with one attached hydrogen (secondary N) is 2. The Morgan fingerprint density at radius 3 is 2.68 bits per heavy atom. The van der Waals surface area contributed by atoms with Crippen molar-refractivity contribution < 1.29 is 9.13 Å². The summed E-state index contributed by atoms with van der Waals surface area (Å²) < 4.78 is 18.9. The highest BCUT2D eigenvalue weighted by Gasteiger charge is 2.04. The molecule has 0 unspecified atom stereocenters. The van der Waals surface area contributed by atoms with E-state index in [1.807, 2.05) is 19.1 Å². The van der Waals surface area contributed by atoms with Crippen LogP contribution in [0.4, 0.5) is 21.6 Å². The van der Waals surface area contributed by atoms with E-state index in [4.69, 9.17) is 4.74 Å². The van der Waals surface area contributed by atoms with E-state index >= 15 is 0 Å². The maximum absolute atomic E-state index is 13.7. The third-order valence-electron chi connectivity index (χ3n) is 2.54. The molecule has 0 aliphatic heterocycles. The SMILES string of the molecule is CCOc1ccc(Nc2ccnc(NC)c2)cc1F. The van der Waals surface area contributed by atoms with Gasteiger partial charge < -0.3 is 15.4 Å². The summed E-state index contributed by atoms with van der Waals surface area (Å²) in [6, 6.07) is 8.45. The van der Waals surface area contributed by atoms with Crippen LogP contribution in [0.1, 0.15) is 6.92 Å². The monoisotopic (exact) mass is 261 g/mol. The Bertz CT molecular complexity index is 560. The van der Waals surface area contributed by atoms with E-state index in [1.54, 1.807) is 25.4 Å². The Kier molecular flexibility index (Phi) is 4.18. The summed E-state index contributed by atoms with van der Waals surface area (Å²) in [6.45, 7) is 2.27. The van der Waals surface area contributed by atoms with E-state index in [0.29, 0.717) is 12.3 Å². The summed E-state index contributed by atoms with van der Waals surface area (Å²) in [7, 11) is 1.79. The number of halogens is 1. The summed E-state index contributed by atoms with van der Waals surface area (Å²) in [5.41, 5.74) is 1.50. The van der Waals surface area contributed by atoms with Gasteiger partial charge in [-0.25, -0.2) is 9.37 Å². The molecule has 0 amide bonds. The fraction of sp³-hybridized carbons (Fsp3) is 0.214. The zero-order chi connectivity index (χ0) is 13.7. The van der Waals surface area contributed by atoms with Gasteiger partial charge in [-0.1, -0.05) is 0 Å². The fourth-order valence-corrected chi connectivity index (χ4v) is 1.66. The molecule has 0 saturated carbocycles. The van der Waals surface area contributed by atoms with Crippen LogP contribution in [0.5, 0.6) is 5.75 Å². The largest absolute Gasteiger partial charge is 0.491 e. The summed E-state index contributed by atoms with van der Waals surface area (Å²) >= 11 is 0. The van der Waals surface area contributed by atoms with Crippen molar-refractivity contribution in [1.82, 2.24) is 4.98 Å². The number of hydrogen-bond acceptors (Lipinski definition) is 4. The number of benzene rings is 1. The second kappa shape index (κ2) is 6.04. The minimum absolute atomic E-state index is 0.263. The number of hydrogen-bond donors (Lipinski definition) is 2.